The molecule has 2 aromatic rings. The summed E-state index contributed by atoms with van der Waals surface area (Å²) in [6.07, 6.45) is 1.54. The molecule has 0 bridgehead atoms. The minimum absolute atomic E-state index is 0.324. The summed E-state index contributed by atoms with van der Waals surface area (Å²) in [5, 5.41) is 5.43. The summed E-state index contributed by atoms with van der Waals surface area (Å²) in [5.74, 6) is -0.402. The Labute approximate surface area is 134 Å². The number of urea groups is 1. The number of anilines is 1. The fraction of sp³-hybridized carbons (Fsp3) is 0.154. The zero-order valence-corrected chi connectivity index (χ0v) is 13.1. The molecule has 1 saturated heterocycles. The van der Waals surface area contributed by atoms with Crippen molar-refractivity contribution in [2.75, 3.05) is 4.90 Å². The van der Waals surface area contributed by atoms with Gasteiger partial charge in [0.05, 0.1) is 10.0 Å². The van der Waals surface area contributed by atoms with E-state index in [0.29, 0.717) is 20.7 Å². The van der Waals surface area contributed by atoms with Crippen LogP contribution in [-0.2, 0) is 10.3 Å². The van der Waals surface area contributed by atoms with Crippen LogP contribution in [0.4, 0.5) is 9.93 Å². The molecule has 1 atom stereocenters. The summed E-state index contributed by atoms with van der Waals surface area (Å²) in [4.78, 5) is 29.8. The molecule has 0 spiro atoms. The zero-order valence-electron chi connectivity index (χ0n) is 10.8. The number of hydrogen-bond donors (Lipinski definition) is 1. The molecule has 21 heavy (non-hydrogen) atoms. The summed E-state index contributed by atoms with van der Waals surface area (Å²) in [6, 6.07) is 4.32. The molecule has 0 aliphatic carbocycles. The average molecular weight is 342 g/mol. The lowest BCUT2D eigenvalue weighted by Gasteiger charge is -2.22. The summed E-state index contributed by atoms with van der Waals surface area (Å²) in [7, 11) is 0. The minimum atomic E-state index is -1.20. The first kappa shape index (κ1) is 14.3. The third-order valence-corrected chi connectivity index (χ3v) is 4.79. The van der Waals surface area contributed by atoms with Gasteiger partial charge in [-0.1, -0.05) is 29.3 Å². The topological polar surface area (TPSA) is 62.3 Å². The third kappa shape index (κ3) is 2.19. The van der Waals surface area contributed by atoms with Crippen molar-refractivity contribution in [1.29, 1.82) is 0 Å². The van der Waals surface area contributed by atoms with E-state index in [1.54, 1.807) is 30.5 Å². The van der Waals surface area contributed by atoms with Crippen LogP contribution >= 0.6 is 34.5 Å². The van der Waals surface area contributed by atoms with Crippen LogP contribution in [0.1, 0.15) is 12.5 Å². The van der Waals surface area contributed by atoms with Gasteiger partial charge in [0, 0.05) is 11.6 Å². The summed E-state index contributed by atoms with van der Waals surface area (Å²) in [5.41, 5.74) is -0.633. The van der Waals surface area contributed by atoms with Gasteiger partial charge in [0.15, 0.2) is 0 Å². The highest BCUT2D eigenvalue weighted by Crippen LogP contribution is 2.35. The summed E-state index contributed by atoms with van der Waals surface area (Å²) < 4.78 is 0. The molecule has 1 fully saturated rings. The molecule has 8 heteroatoms. The number of halogens is 2. The molecule has 1 aliphatic heterocycles. The van der Waals surface area contributed by atoms with Gasteiger partial charge in [-0.05, 0) is 24.6 Å². The quantitative estimate of drug-likeness (QED) is 0.851. The Balaban J connectivity index is 2.04. The van der Waals surface area contributed by atoms with Gasteiger partial charge in [0.2, 0.25) is 5.13 Å². The van der Waals surface area contributed by atoms with Crippen molar-refractivity contribution in [3.05, 3.63) is 45.4 Å². The minimum Gasteiger partial charge on any atom is -0.319 e. The van der Waals surface area contributed by atoms with Crippen LogP contribution in [0.5, 0.6) is 0 Å². The van der Waals surface area contributed by atoms with E-state index < -0.39 is 17.5 Å². The van der Waals surface area contributed by atoms with Crippen molar-refractivity contribution < 1.29 is 9.59 Å². The molecular formula is C13H9Cl2N3O2S. The molecule has 1 unspecified atom stereocenters. The SMILES string of the molecule is CC1(c2ccc(Cl)c(Cl)c2)NC(=O)N(c2nccs2)C1=O. The highest BCUT2D eigenvalue weighted by atomic mass is 35.5. The number of carbonyl (C=O) groups excluding carboxylic acids is 2. The van der Waals surface area contributed by atoms with Crippen molar-refractivity contribution in [2.24, 2.45) is 0 Å². The number of rotatable bonds is 2. The Kier molecular flexibility index (Phi) is 3.39. The molecule has 5 nitrogen and oxygen atoms in total. The maximum Gasteiger partial charge on any atom is 0.331 e. The molecule has 1 N–H and O–H groups in total. The number of thiazole rings is 1. The van der Waals surface area contributed by atoms with Gasteiger partial charge in [-0.2, -0.15) is 0 Å². The lowest BCUT2D eigenvalue weighted by atomic mass is 9.92. The van der Waals surface area contributed by atoms with E-state index in [0.717, 1.165) is 4.90 Å². The fourth-order valence-corrected chi connectivity index (χ4v) is 3.08. The first-order valence-corrected chi connectivity index (χ1v) is 7.59. The Morgan fingerprint density at radius 1 is 1.29 bits per heavy atom. The van der Waals surface area contributed by atoms with Crippen LogP contribution in [0, 0.1) is 0 Å². The molecule has 2 heterocycles. The summed E-state index contributed by atoms with van der Waals surface area (Å²) in [6.45, 7) is 1.63. The zero-order chi connectivity index (χ0) is 15.2. The number of nitrogens with one attached hydrogen (secondary N) is 1. The monoisotopic (exact) mass is 341 g/mol. The molecule has 3 amide bonds. The largest absolute Gasteiger partial charge is 0.331 e. The average Bonchev–Trinajstić information content (AvgIpc) is 3.02. The lowest BCUT2D eigenvalue weighted by Crippen LogP contribution is -2.40. The van der Waals surface area contributed by atoms with E-state index in [-0.39, 0.29) is 0 Å². The van der Waals surface area contributed by atoms with Gasteiger partial charge in [-0.15, -0.1) is 11.3 Å². The van der Waals surface area contributed by atoms with Gasteiger partial charge in [0.25, 0.3) is 5.91 Å². The molecule has 3 rings (SSSR count). The standard InChI is InChI=1S/C13H9Cl2N3O2S/c1-13(7-2-3-8(14)9(15)6-7)10(19)18(11(20)17-13)12-16-4-5-21-12/h2-6H,1H3,(H,17,20). The highest BCUT2D eigenvalue weighted by molar-refractivity contribution is 7.14. The molecular weight excluding hydrogens is 333 g/mol. The Hall–Kier alpha value is -1.63. The van der Waals surface area contributed by atoms with E-state index in [2.05, 4.69) is 10.3 Å². The van der Waals surface area contributed by atoms with Crippen LogP contribution in [0.25, 0.3) is 0 Å². The Morgan fingerprint density at radius 2 is 2.05 bits per heavy atom. The molecule has 108 valence electrons. The van der Waals surface area contributed by atoms with Crippen molar-refractivity contribution in [2.45, 2.75) is 12.5 Å². The van der Waals surface area contributed by atoms with Gasteiger partial charge < -0.3 is 5.32 Å². The molecule has 1 aromatic heterocycles. The Bertz CT molecular complexity index is 735. The van der Waals surface area contributed by atoms with Gasteiger partial charge in [-0.3, -0.25) is 4.79 Å². The fourth-order valence-electron chi connectivity index (χ4n) is 2.14. The lowest BCUT2D eigenvalue weighted by molar-refractivity contribution is -0.121. The maximum absolute atomic E-state index is 12.7. The number of amides is 3. The van der Waals surface area contributed by atoms with E-state index in [1.807, 2.05) is 0 Å². The number of aromatic nitrogens is 1. The van der Waals surface area contributed by atoms with Gasteiger partial charge in [0.1, 0.15) is 5.54 Å². The summed E-state index contributed by atoms with van der Waals surface area (Å²) >= 11 is 13.1. The molecule has 0 saturated carbocycles. The van der Waals surface area contributed by atoms with Crippen LogP contribution in [0.15, 0.2) is 29.8 Å². The number of benzene rings is 1. The van der Waals surface area contributed by atoms with E-state index in [9.17, 15) is 9.59 Å². The van der Waals surface area contributed by atoms with Crippen LogP contribution in [0.3, 0.4) is 0 Å². The second kappa shape index (κ2) is 4.98. The second-order valence-corrected chi connectivity index (χ2v) is 6.33. The van der Waals surface area contributed by atoms with Crippen LogP contribution < -0.4 is 10.2 Å². The van der Waals surface area contributed by atoms with Crippen molar-refractivity contribution >= 4 is 51.6 Å². The first-order valence-electron chi connectivity index (χ1n) is 5.95. The van der Waals surface area contributed by atoms with Crippen LogP contribution in [-0.4, -0.2) is 16.9 Å². The predicted octanol–water partition coefficient (Wildman–Crippen LogP) is 3.42. The number of hydrogen-bond acceptors (Lipinski definition) is 4. The van der Waals surface area contributed by atoms with Crippen molar-refractivity contribution in [1.82, 2.24) is 10.3 Å². The van der Waals surface area contributed by atoms with Gasteiger partial charge in [-0.25, -0.2) is 14.7 Å². The second-order valence-electron chi connectivity index (χ2n) is 4.64. The third-order valence-electron chi connectivity index (χ3n) is 3.30. The smallest absolute Gasteiger partial charge is 0.319 e. The van der Waals surface area contributed by atoms with E-state index >= 15 is 0 Å². The van der Waals surface area contributed by atoms with Crippen molar-refractivity contribution in [3.63, 3.8) is 0 Å². The number of carbonyl (C=O) groups is 2. The predicted molar refractivity (Wildman–Crippen MR) is 81.9 cm³/mol. The van der Waals surface area contributed by atoms with Gasteiger partial charge >= 0.3 is 6.03 Å². The molecule has 1 aromatic carbocycles. The molecule has 1 aliphatic rings. The normalized spacial score (nSPS) is 21.8. The molecule has 0 radical (unpaired) electrons. The Morgan fingerprint density at radius 3 is 2.67 bits per heavy atom. The van der Waals surface area contributed by atoms with E-state index in [1.165, 1.54) is 17.5 Å². The number of nitrogens with zero attached hydrogens (tertiary/aromatic N) is 2. The number of imide groups is 1. The van der Waals surface area contributed by atoms with E-state index in [4.69, 9.17) is 23.2 Å². The maximum atomic E-state index is 12.7. The first-order chi connectivity index (χ1) is 9.93. The highest BCUT2D eigenvalue weighted by Gasteiger charge is 2.50. The van der Waals surface area contributed by atoms with Crippen molar-refractivity contribution in [3.8, 4) is 0 Å². The van der Waals surface area contributed by atoms with Crippen LogP contribution in [0.2, 0.25) is 10.0 Å².